The highest BCUT2D eigenvalue weighted by molar-refractivity contribution is 5.97. The highest BCUT2D eigenvalue weighted by atomic mass is 14.4. The minimum atomic E-state index is 0.147. The van der Waals surface area contributed by atoms with Gasteiger partial charge in [-0.15, -0.1) is 0 Å². The van der Waals surface area contributed by atoms with E-state index in [0.717, 1.165) is 29.6 Å². The van der Waals surface area contributed by atoms with Crippen molar-refractivity contribution in [2.75, 3.05) is 0 Å². The average Bonchev–Trinajstić information content (AvgIpc) is 3.11. The monoisotopic (exact) mass is 590 g/mol. The summed E-state index contributed by atoms with van der Waals surface area (Å²) in [6, 6.07) is 33.2. The van der Waals surface area contributed by atoms with Crippen molar-refractivity contribution in [1.29, 1.82) is 0 Å². The second-order valence-electron chi connectivity index (χ2n) is 12.3. The van der Waals surface area contributed by atoms with Gasteiger partial charge in [-0.25, -0.2) is 0 Å². The van der Waals surface area contributed by atoms with E-state index in [2.05, 4.69) is 148 Å². The molecule has 0 fully saturated rings. The molecule has 4 aromatic carbocycles. The van der Waals surface area contributed by atoms with Gasteiger partial charge in [-0.3, -0.25) is 0 Å². The van der Waals surface area contributed by atoms with E-state index in [1.54, 1.807) is 6.08 Å². The van der Waals surface area contributed by atoms with Crippen LogP contribution in [0.5, 0.6) is 0 Å². The third-order valence-corrected chi connectivity index (χ3v) is 9.53. The Balaban J connectivity index is 1.45. The van der Waals surface area contributed by atoms with Crippen LogP contribution in [0.2, 0.25) is 0 Å². The van der Waals surface area contributed by atoms with Gasteiger partial charge < -0.3 is 0 Å². The summed E-state index contributed by atoms with van der Waals surface area (Å²) in [5, 5.41) is 7.78. The Morgan fingerprint density at radius 2 is 1.41 bits per heavy atom. The summed E-state index contributed by atoms with van der Waals surface area (Å²) in [7, 11) is 0. The van der Waals surface area contributed by atoms with Gasteiger partial charge in [-0.1, -0.05) is 166 Å². The number of hydrogen-bond acceptors (Lipinski definition) is 0. The first-order valence-electron chi connectivity index (χ1n) is 16.1. The van der Waals surface area contributed by atoms with Crippen LogP contribution in [0.1, 0.15) is 18.4 Å². The lowest BCUT2D eigenvalue weighted by molar-refractivity contribution is 0.690. The topological polar surface area (TPSA) is 0 Å². The lowest BCUT2D eigenvalue weighted by Gasteiger charge is -2.36. The summed E-state index contributed by atoms with van der Waals surface area (Å²) in [5.41, 5.74) is 9.39. The van der Waals surface area contributed by atoms with Crippen LogP contribution in [0.4, 0.5) is 0 Å². The normalized spacial score (nSPS) is 18.5. The van der Waals surface area contributed by atoms with Gasteiger partial charge >= 0.3 is 0 Å². The molecule has 0 nitrogen and oxygen atoms in total. The molecular weight excluding hydrogens is 553 g/mol. The van der Waals surface area contributed by atoms with E-state index in [4.69, 9.17) is 0 Å². The van der Waals surface area contributed by atoms with E-state index in [1.165, 1.54) is 59.5 Å². The molecule has 0 spiro atoms. The predicted octanol–water partition coefficient (Wildman–Crippen LogP) is 8.43. The molecule has 0 radical (unpaired) electrons. The van der Waals surface area contributed by atoms with E-state index in [9.17, 15) is 0 Å². The van der Waals surface area contributed by atoms with Crippen LogP contribution < -0.4 is 20.9 Å². The van der Waals surface area contributed by atoms with Crippen LogP contribution in [-0.2, 0) is 0 Å². The lowest BCUT2D eigenvalue weighted by atomic mass is 9.67. The Kier molecular flexibility index (Phi) is 7.95. The summed E-state index contributed by atoms with van der Waals surface area (Å²) < 4.78 is 0. The first kappa shape index (κ1) is 29.3. The minimum Gasteiger partial charge on any atom is -0.0991 e. The van der Waals surface area contributed by atoms with E-state index in [1.807, 2.05) is 18.2 Å². The number of allylic oxidation sites excluding steroid dienone is 12. The maximum Gasteiger partial charge on any atom is 0.0140 e. The van der Waals surface area contributed by atoms with Gasteiger partial charge in [0.1, 0.15) is 0 Å². The van der Waals surface area contributed by atoms with Crippen molar-refractivity contribution < 1.29 is 0 Å². The molecule has 2 unspecified atom stereocenters. The Morgan fingerprint density at radius 1 is 0.696 bits per heavy atom. The van der Waals surface area contributed by atoms with Gasteiger partial charge in [0, 0.05) is 11.8 Å². The van der Waals surface area contributed by atoms with Gasteiger partial charge in [-0.2, -0.15) is 0 Å². The van der Waals surface area contributed by atoms with E-state index >= 15 is 0 Å². The zero-order valence-electron chi connectivity index (χ0n) is 26.3. The van der Waals surface area contributed by atoms with Gasteiger partial charge in [0.05, 0.1) is 0 Å². The van der Waals surface area contributed by atoms with Gasteiger partial charge in [0.15, 0.2) is 0 Å². The van der Waals surface area contributed by atoms with Crippen molar-refractivity contribution in [3.63, 3.8) is 0 Å². The summed E-state index contributed by atoms with van der Waals surface area (Å²) in [4.78, 5) is 0. The smallest absolute Gasteiger partial charge is 0.0140 e. The predicted molar refractivity (Wildman–Crippen MR) is 199 cm³/mol. The molecule has 222 valence electrons. The third-order valence-electron chi connectivity index (χ3n) is 9.53. The maximum absolute atomic E-state index is 4.64. The molecule has 0 heteroatoms. The standard InChI is InChI=1S/C46H38/c1-5-6-14-31(2)32(3)23-24-33(4)45-41-20-11-12-21-42(41)46(40-22-13-18-35-16-9-10-19-39(35)40)44-30-38(27-28-43(44)45)37-26-25-34-15-7-8-17-36(34)29-37/h5-12,14-21,23-30,43-44H,1-4,13,22H2. The minimum absolute atomic E-state index is 0.147. The third kappa shape index (κ3) is 5.37. The zero-order chi connectivity index (χ0) is 31.6. The first-order chi connectivity index (χ1) is 22.5. The summed E-state index contributed by atoms with van der Waals surface area (Å²) >= 11 is 0. The number of fused-ring (bicyclic) bond motifs is 4. The van der Waals surface area contributed by atoms with Crippen LogP contribution in [-0.4, -0.2) is 0 Å². The zero-order valence-corrected chi connectivity index (χ0v) is 26.3. The fourth-order valence-electron chi connectivity index (χ4n) is 7.27. The molecule has 4 aromatic rings. The van der Waals surface area contributed by atoms with Gasteiger partial charge in [-0.05, 0) is 95.1 Å². The highest BCUT2D eigenvalue weighted by Gasteiger charge is 2.34. The molecule has 3 aliphatic carbocycles. The van der Waals surface area contributed by atoms with E-state index < -0.39 is 0 Å². The van der Waals surface area contributed by atoms with Crippen LogP contribution in [0.3, 0.4) is 0 Å². The average molecular weight is 591 g/mol. The molecule has 0 saturated heterocycles. The van der Waals surface area contributed by atoms with E-state index in [-0.39, 0.29) is 11.8 Å². The quantitative estimate of drug-likeness (QED) is 0.181. The van der Waals surface area contributed by atoms with Crippen molar-refractivity contribution in [2.24, 2.45) is 11.8 Å². The Morgan fingerprint density at radius 3 is 2.24 bits per heavy atom. The highest BCUT2D eigenvalue weighted by Crippen LogP contribution is 2.44. The number of hydrogen-bond donors (Lipinski definition) is 0. The maximum atomic E-state index is 4.64. The van der Waals surface area contributed by atoms with E-state index in [0.29, 0.717) is 0 Å². The van der Waals surface area contributed by atoms with Gasteiger partial charge in [0.25, 0.3) is 0 Å². The summed E-state index contributed by atoms with van der Waals surface area (Å²) in [5.74, 6) is 0.310. The van der Waals surface area contributed by atoms with Crippen molar-refractivity contribution in [3.8, 4) is 0 Å². The molecular formula is C46H38. The number of benzene rings is 4. The summed E-state index contributed by atoms with van der Waals surface area (Å²) in [6.45, 7) is 16.8. The Bertz CT molecular complexity index is 2330. The SMILES string of the molecule is C=CC=CC(=C)C(=C)C=CC(=C)C1=c2ccccc2=C(C2=c3ccccc3=CCC2)C2C=C(c3ccc4ccccc4c3)C=CC12. The fourth-order valence-corrected chi connectivity index (χ4v) is 7.27. The molecule has 0 N–H and O–H groups in total. The summed E-state index contributed by atoms with van der Waals surface area (Å²) in [6.07, 6.45) is 21.4. The van der Waals surface area contributed by atoms with Crippen LogP contribution in [0, 0.1) is 11.8 Å². The fraction of sp³-hybridized carbons (Fsp3) is 0.0870. The lowest BCUT2D eigenvalue weighted by Crippen LogP contribution is -2.42. The van der Waals surface area contributed by atoms with Crippen molar-refractivity contribution in [1.82, 2.24) is 0 Å². The Labute approximate surface area is 272 Å². The van der Waals surface area contributed by atoms with Gasteiger partial charge in [0.2, 0.25) is 0 Å². The Hall–Kier alpha value is -5.46. The first-order valence-corrected chi connectivity index (χ1v) is 16.1. The van der Waals surface area contributed by atoms with Crippen molar-refractivity contribution >= 4 is 39.1 Å². The molecule has 46 heavy (non-hydrogen) atoms. The molecule has 2 atom stereocenters. The number of rotatable bonds is 8. The molecule has 0 aliphatic heterocycles. The molecule has 0 heterocycles. The van der Waals surface area contributed by atoms with Crippen molar-refractivity contribution in [2.45, 2.75) is 12.8 Å². The van der Waals surface area contributed by atoms with Crippen LogP contribution in [0.15, 0.2) is 183 Å². The molecule has 0 amide bonds. The van der Waals surface area contributed by atoms with Crippen LogP contribution in [0.25, 0.3) is 39.1 Å². The molecule has 0 bridgehead atoms. The van der Waals surface area contributed by atoms with Crippen molar-refractivity contribution in [3.05, 3.63) is 209 Å². The molecule has 3 aliphatic rings. The largest absolute Gasteiger partial charge is 0.0991 e. The molecule has 0 aromatic heterocycles. The molecule has 7 rings (SSSR count). The second kappa shape index (κ2) is 12.5. The molecule has 0 saturated carbocycles. The second-order valence-corrected chi connectivity index (χ2v) is 12.3. The van der Waals surface area contributed by atoms with Crippen LogP contribution >= 0.6 is 0 Å².